The van der Waals surface area contributed by atoms with Gasteiger partial charge in [-0.1, -0.05) is 12.8 Å². The first-order valence-electron chi connectivity index (χ1n) is 8.42. The highest BCUT2D eigenvalue weighted by Gasteiger charge is 2.52. The second-order valence-electron chi connectivity index (χ2n) is 6.84. The molecule has 1 heterocycles. The van der Waals surface area contributed by atoms with E-state index in [-0.39, 0.29) is 30.0 Å². The highest BCUT2D eigenvalue weighted by molar-refractivity contribution is 5.87. The zero-order valence-corrected chi connectivity index (χ0v) is 13.8. The molecule has 3 rings (SSSR count). The molecular formula is C18H22F2N2O2. The molecule has 1 aromatic carbocycles. The molecule has 1 N–H and O–H groups in total. The predicted octanol–water partition coefficient (Wildman–Crippen LogP) is 2.76. The maximum absolute atomic E-state index is 13.7. The predicted molar refractivity (Wildman–Crippen MR) is 84.9 cm³/mol. The van der Waals surface area contributed by atoms with Crippen molar-refractivity contribution in [2.45, 2.75) is 51.1 Å². The number of likely N-dealkylation sites (tertiary alicyclic amines) is 1. The lowest BCUT2D eigenvalue weighted by Gasteiger charge is -2.50. The maximum Gasteiger partial charge on any atom is 0.228 e. The molecule has 0 aromatic heterocycles. The number of nitrogens with zero attached hydrogens (tertiary/aromatic N) is 1. The van der Waals surface area contributed by atoms with Gasteiger partial charge in [-0.25, -0.2) is 8.78 Å². The van der Waals surface area contributed by atoms with E-state index in [1.165, 1.54) is 0 Å². The van der Waals surface area contributed by atoms with Gasteiger partial charge in [0.15, 0.2) is 0 Å². The lowest BCUT2D eigenvalue weighted by molar-refractivity contribution is -0.153. The molecule has 2 fully saturated rings. The third kappa shape index (κ3) is 2.89. The molecule has 24 heavy (non-hydrogen) atoms. The minimum atomic E-state index is -0.606. The van der Waals surface area contributed by atoms with E-state index in [1.807, 2.05) is 0 Å². The molecule has 0 radical (unpaired) electrons. The van der Waals surface area contributed by atoms with Crippen molar-refractivity contribution in [1.29, 1.82) is 0 Å². The van der Waals surface area contributed by atoms with Crippen LogP contribution in [0.4, 0.5) is 8.78 Å². The number of fused-ring (bicyclic) bond motifs is 1. The second-order valence-corrected chi connectivity index (χ2v) is 6.84. The van der Waals surface area contributed by atoms with Crippen molar-refractivity contribution in [3.05, 3.63) is 35.4 Å². The zero-order chi connectivity index (χ0) is 17.3. The van der Waals surface area contributed by atoms with Crippen molar-refractivity contribution in [3.8, 4) is 0 Å². The first-order chi connectivity index (χ1) is 11.4. The van der Waals surface area contributed by atoms with Crippen molar-refractivity contribution in [2.24, 2.45) is 5.41 Å². The van der Waals surface area contributed by atoms with Gasteiger partial charge in [-0.2, -0.15) is 0 Å². The minimum absolute atomic E-state index is 0.0471. The Morgan fingerprint density at radius 2 is 2.12 bits per heavy atom. The fourth-order valence-corrected chi connectivity index (χ4v) is 4.17. The Balaban J connectivity index is 1.77. The van der Waals surface area contributed by atoms with Crippen LogP contribution in [0.3, 0.4) is 0 Å². The van der Waals surface area contributed by atoms with Gasteiger partial charge in [0.05, 0.1) is 5.41 Å². The van der Waals surface area contributed by atoms with Gasteiger partial charge in [0, 0.05) is 31.6 Å². The molecule has 1 aromatic rings. The summed E-state index contributed by atoms with van der Waals surface area (Å²) in [5.41, 5.74) is -0.475. The standard InChI is InChI=1S/C18H22F2N2O2/c1-22-15-4-2-3-8-18(15,9-7-16(22)23)17(24)21-11-12-10-13(19)5-6-14(12)20/h5-6,10,15H,2-4,7-9,11H2,1H3,(H,21,24). The van der Waals surface area contributed by atoms with Crippen LogP contribution in [0.1, 0.15) is 44.1 Å². The number of carbonyl (C=O) groups excluding carboxylic acids is 2. The summed E-state index contributed by atoms with van der Waals surface area (Å²) in [6.07, 6.45) is 4.36. The van der Waals surface area contributed by atoms with Crippen molar-refractivity contribution in [2.75, 3.05) is 7.05 Å². The number of rotatable bonds is 3. The molecule has 2 unspecified atom stereocenters. The van der Waals surface area contributed by atoms with E-state index in [4.69, 9.17) is 0 Å². The number of piperidine rings is 1. The number of hydrogen-bond donors (Lipinski definition) is 1. The van der Waals surface area contributed by atoms with Crippen LogP contribution in [0, 0.1) is 17.0 Å². The quantitative estimate of drug-likeness (QED) is 0.923. The van der Waals surface area contributed by atoms with Crippen molar-refractivity contribution in [3.63, 3.8) is 0 Å². The zero-order valence-electron chi connectivity index (χ0n) is 13.8. The molecule has 1 saturated carbocycles. The van der Waals surface area contributed by atoms with E-state index < -0.39 is 17.0 Å². The van der Waals surface area contributed by atoms with E-state index in [0.29, 0.717) is 12.8 Å². The molecule has 1 saturated heterocycles. The Kier molecular flexibility index (Phi) is 4.56. The summed E-state index contributed by atoms with van der Waals surface area (Å²) in [5, 5.41) is 2.78. The van der Waals surface area contributed by atoms with Gasteiger partial charge in [0.1, 0.15) is 11.6 Å². The Hall–Kier alpha value is -1.98. The highest BCUT2D eigenvalue weighted by Crippen LogP contribution is 2.46. The average Bonchev–Trinajstić information content (AvgIpc) is 2.59. The SMILES string of the molecule is CN1C(=O)CCC2(C(=O)NCc3cc(F)ccc3F)CCCCC12. The van der Waals surface area contributed by atoms with Gasteiger partial charge < -0.3 is 10.2 Å². The Bertz CT molecular complexity index is 664. The van der Waals surface area contributed by atoms with E-state index in [0.717, 1.165) is 43.9 Å². The molecule has 0 spiro atoms. The lowest BCUT2D eigenvalue weighted by Crippen LogP contribution is -2.60. The summed E-state index contributed by atoms with van der Waals surface area (Å²) in [6, 6.07) is 3.11. The molecule has 130 valence electrons. The minimum Gasteiger partial charge on any atom is -0.351 e. The van der Waals surface area contributed by atoms with Crippen LogP contribution in [-0.4, -0.2) is 29.8 Å². The largest absolute Gasteiger partial charge is 0.351 e. The fourth-order valence-electron chi connectivity index (χ4n) is 4.17. The number of nitrogens with one attached hydrogen (secondary N) is 1. The van der Waals surface area contributed by atoms with E-state index in [9.17, 15) is 18.4 Å². The monoisotopic (exact) mass is 336 g/mol. The van der Waals surface area contributed by atoms with Gasteiger partial charge in [-0.15, -0.1) is 0 Å². The van der Waals surface area contributed by atoms with Crippen molar-refractivity contribution < 1.29 is 18.4 Å². The molecule has 1 aliphatic carbocycles. The van der Waals surface area contributed by atoms with Crippen LogP contribution < -0.4 is 5.32 Å². The third-order valence-electron chi connectivity index (χ3n) is 5.53. The van der Waals surface area contributed by atoms with Crippen molar-refractivity contribution in [1.82, 2.24) is 10.2 Å². The van der Waals surface area contributed by atoms with Gasteiger partial charge >= 0.3 is 0 Å². The Morgan fingerprint density at radius 3 is 2.92 bits per heavy atom. The highest BCUT2D eigenvalue weighted by atomic mass is 19.1. The molecule has 0 bridgehead atoms. The Labute approximate surface area is 140 Å². The van der Waals surface area contributed by atoms with Crippen LogP contribution in [-0.2, 0) is 16.1 Å². The summed E-state index contributed by atoms with van der Waals surface area (Å²) in [6.45, 7) is -0.0471. The number of amides is 2. The van der Waals surface area contributed by atoms with Crippen LogP contribution in [0.2, 0.25) is 0 Å². The molecule has 2 aliphatic rings. The number of halogens is 2. The molecular weight excluding hydrogens is 314 g/mol. The summed E-state index contributed by atoms with van der Waals surface area (Å²) in [7, 11) is 1.76. The average molecular weight is 336 g/mol. The first-order valence-corrected chi connectivity index (χ1v) is 8.42. The summed E-state index contributed by atoms with van der Waals surface area (Å²) < 4.78 is 27.0. The normalized spacial score (nSPS) is 26.9. The molecule has 1 aliphatic heterocycles. The number of benzene rings is 1. The summed E-state index contributed by atoms with van der Waals surface area (Å²) >= 11 is 0. The summed E-state index contributed by atoms with van der Waals surface area (Å²) in [4.78, 5) is 26.6. The molecule has 2 amide bonds. The lowest BCUT2D eigenvalue weighted by atomic mass is 9.64. The topological polar surface area (TPSA) is 49.4 Å². The Morgan fingerprint density at radius 1 is 1.33 bits per heavy atom. The summed E-state index contributed by atoms with van der Waals surface area (Å²) in [5.74, 6) is -1.15. The second kappa shape index (κ2) is 6.49. The van der Waals surface area contributed by atoms with E-state index in [2.05, 4.69) is 5.32 Å². The fraction of sp³-hybridized carbons (Fsp3) is 0.556. The van der Waals surface area contributed by atoms with Gasteiger partial charge in [0.25, 0.3) is 0 Å². The van der Waals surface area contributed by atoms with Crippen LogP contribution >= 0.6 is 0 Å². The van der Waals surface area contributed by atoms with Gasteiger partial charge in [-0.05, 0) is 37.5 Å². The van der Waals surface area contributed by atoms with E-state index >= 15 is 0 Å². The first kappa shape index (κ1) is 16.9. The maximum atomic E-state index is 13.7. The number of carbonyl (C=O) groups is 2. The smallest absolute Gasteiger partial charge is 0.228 e. The van der Waals surface area contributed by atoms with Crippen LogP contribution in [0.5, 0.6) is 0 Å². The molecule has 4 nitrogen and oxygen atoms in total. The molecule has 6 heteroatoms. The van der Waals surface area contributed by atoms with Gasteiger partial charge in [-0.3, -0.25) is 9.59 Å². The van der Waals surface area contributed by atoms with Gasteiger partial charge in [0.2, 0.25) is 11.8 Å². The van der Waals surface area contributed by atoms with Crippen molar-refractivity contribution >= 4 is 11.8 Å². The van der Waals surface area contributed by atoms with Crippen LogP contribution in [0.25, 0.3) is 0 Å². The van der Waals surface area contributed by atoms with Crippen LogP contribution in [0.15, 0.2) is 18.2 Å². The van der Waals surface area contributed by atoms with E-state index in [1.54, 1.807) is 11.9 Å². The third-order valence-corrected chi connectivity index (χ3v) is 5.53. The number of hydrogen-bond acceptors (Lipinski definition) is 2. The molecule has 2 atom stereocenters.